The molecule has 1 unspecified atom stereocenters. The van der Waals surface area contributed by atoms with Crippen LogP contribution in [0.3, 0.4) is 0 Å². The number of hydrogen-bond acceptors (Lipinski definition) is 5. The molecule has 1 atom stereocenters. The molecule has 0 N–H and O–H groups in total. The number of likely N-dealkylation sites (tertiary alicyclic amines) is 2. The van der Waals surface area contributed by atoms with Crippen LogP contribution >= 0.6 is 0 Å². The SMILES string of the molecule is O=C(CN1CCCCCC1)N1CCC2(CC1)CC(CCOc1cccnc1)CCO2. The number of amides is 1. The first-order valence-corrected chi connectivity index (χ1v) is 11.9. The maximum atomic E-state index is 12.8. The van der Waals surface area contributed by atoms with Crippen LogP contribution in [-0.4, -0.2) is 72.2 Å². The van der Waals surface area contributed by atoms with E-state index in [0.29, 0.717) is 18.4 Å². The standard InChI is InChI=1S/C24H37N3O3/c28-23(20-26-12-3-1-2-4-13-26)27-14-9-24(10-15-27)18-21(8-17-30-24)7-16-29-22-6-5-11-25-19-22/h5-6,11,19,21H,1-4,7-10,12-18,20H2. The van der Waals surface area contributed by atoms with Crippen LogP contribution in [-0.2, 0) is 9.53 Å². The molecule has 4 heterocycles. The van der Waals surface area contributed by atoms with Crippen LogP contribution in [0, 0.1) is 5.92 Å². The lowest BCUT2D eigenvalue weighted by Crippen LogP contribution is -2.52. The van der Waals surface area contributed by atoms with Crippen LogP contribution < -0.4 is 4.74 Å². The molecule has 1 aromatic heterocycles. The smallest absolute Gasteiger partial charge is 0.236 e. The normalized spacial score (nSPS) is 25.1. The minimum Gasteiger partial charge on any atom is -0.492 e. The molecule has 6 heteroatoms. The monoisotopic (exact) mass is 415 g/mol. The summed E-state index contributed by atoms with van der Waals surface area (Å²) in [7, 11) is 0. The molecular formula is C24H37N3O3. The van der Waals surface area contributed by atoms with E-state index in [0.717, 1.165) is 77.2 Å². The van der Waals surface area contributed by atoms with Gasteiger partial charge in [0, 0.05) is 25.9 Å². The number of ether oxygens (including phenoxy) is 2. The Labute approximate surface area is 180 Å². The van der Waals surface area contributed by atoms with Gasteiger partial charge in [-0.05, 0) is 76.1 Å². The van der Waals surface area contributed by atoms with E-state index in [9.17, 15) is 4.79 Å². The number of pyridine rings is 1. The molecule has 3 saturated heterocycles. The maximum absolute atomic E-state index is 12.8. The van der Waals surface area contributed by atoms with E-state index in [2.05, 4.69) is 14.8 Å². The Bertz CT molecular complexity index is 653. The predicted molar refractivity (Wildman–Crippen MR) is 116 cm³/mol. The van der Waals surface area contributed by atoms with Crippen molar-refractivity contribution in [1.29, 1.82) is 0 Å². The van der Waals surface area contributed by atoms with Crippen molar-refractivity contribution < 1.29 is 14.3 Å². The Morgan fingerprint density at radius 2 is 1.97 bits per heavy atom. The minimum atomic E-state index is -0.0311. The first-order valence-electron chi connectivity index (χ1n) is 11.9. The molecule has 166 valence electrons. The predicted octanol–water partition coefficient (Wildman–Crippen LogP) is 3.51. The summed E-state index contributed by atoms with van der Waals surface area (Å²) >= 11 is 0. The highest BCUT2D eigenvalue weighted by atomic mass is 16.5. The van der Waals surface area contributed by atoms with Gasteiger partial charge in [-0.2, -0.15) is 0 Å². The molecule has 0 radical (unpaired) electrons. The third-order valence-electron chi connectivity index (χ3n) is 7.11. The van der Waals surface area contributed by atoms with Gasteiger partial charge < -0.3 is 14.4 Å². The number of carbonyl (C=O) groups excluding carboxylic acids is 1. The molecule has 1 spiro atoms. The van der Waals surface area contributed by atoms with E-state index in [1.807, 2.05) is 12.1 Å². The Morgan fingerprint density at radius 1 is 1.17 bits per heavy atom. The van der Waals surface area contributed by atoms with E-state index in [1.165, 1.54) is 25.7 Å². The van der Waals surface area contributed by atoms with Crippen LogP contribution in [0.4, 0.5) is 0 Å². The van der Waals surface area contributed by atoms with Crippen molar-refractivity contribution >= 4 is 5.91 Å². The lowest BCUT2D eigenvalue weighted by atomic mass is 9.78. The maximum Gasteiger partial charge on any atom is 0.236 e. The second kappa shape index (κ2) is 10.6. The van der Waals surface area contributed by atoms with E-state index >= 15 is 0 Å². The zero-order valence-corrected chi connectivity index (χ0v) is 18.3. The first-order chi connectivity index (χ1) is 14.7. The second-order valence-electron chi connectivity index (χ2n) is 9.29. The molecule has 4 rings (SSSR count). The molecule has 0 aromatic carbocycles. The van der Waals surface area contributed by atoms with Gasteiger partial charge in [-0.1, -0.05) is 12.8 Å². The first kappa shape index (κ1) is 21.6. The fourth-order valence-corrected chi connectivity index (χ4v) is 5.25. The summed E-state index contributed by atoms with van der Waals surface area (Å²) in [4.78, 5) is 21.3. The van der Waals surface area contributed by atoms with Crippen molar-refractivity contribution in [3.63, 3.8) is 0 Å². The molecule has 1 amide bonds. The van der Waals surface area contributed by atoms with Crippen LogP contribution in [0.2, 0.25) is 0 Å². The van der Waals surface area contributed by atoms with Crippen molar-refractivity contribution in [2.24, 2.45) is 5.92 Å². The lowest BCUT2D eigenvalue weighted by molar-refractivity contribution is -0.148. The summed E-state index contributed by atoms with van der Waals surface area (Å²) in [5.41, 5.74) is -0.0311. The molecule has 3 aliphatic heterocycles. The van der Waals surface area contributed by atoms with Gasteiger partial charge >= 0.3 is 0 Å². The number of aromatic nitrogens is 1. The summed E-state index contributed by atoms with van der Waals surface area (Å²) in [5.74, 6) is 1.79. The summed E-state index contributed by atoms with van der Waals surface area (Å²) in [6.07, 6.45) is 13.8. The third kappa shape index (κ3) is 5.94. The van der Waals surface area contributed by atoms with E-state index < -0.39 is 0 Å². The highest BCUT2D eigenvalue weighted by Crippen LogP contribution is 2.38. The fourth-order valence-electron chi connectivity index (χ4n) is 5.25. The molecule has 3 aliphatic rings. The fraction of sp³-hybridized carbons (Fsp3) is 0.750. The third-order valence-corrected chi connectivity index (χ3v) is 7.11. The second-order valence-corrected chi connectivity index (χ2v) is 9.29. The van der Waals surface area contributed by atoms with E-state index in [1.54, 1.807) is 12.4 Å². The summed E-state index contributed by atoms with van der Waals surface area (Å²) in [5, 5.41) is 0. The average Bonchev–Trinajstić information content (AvgIpc) is 3.04. The Hall–Kier alpha value is -1.66. The van der Waals surface area contributed by atoms with Gasteiger partial charge in [-0.25, -0.2) is 0 Å². The average molecular weight is 416 g/mol. The lowest BCUT2D eigenvalue weighted by Gasteiger charge is -2.46. The zero-order valence-electron chi connectivity index (χ0n) is 18.3. The van der Waals surface area contributed by atoms with E-state index in [4.69, 9.17) is 9.47 Å². The molecule has 0 bridgehead atoms. The molecular weight excluding hydrogens is 378 g/mol. The van der Waals surface area contributed by atoms with Crippen molar-refractivity contribution in [2.45, 2.75) is 63.4 Å². The number of piperidine rings is 1. The summed E-state index contributed by atoms with van der Waals surface area (Å²) < 4.78 is 12.1. The van der Waals surface area contributed by atoms with E-state index in [-0.39, 0.29) is 5.60 Å². The van der Waals surface area contributed by atoms with Gasteiger partial charge in [0.1, 0.15) is 5.75 Å². The van der Waals surface area contributed by atoms with Gasteiger partial charge in [-0.15, -0.1) is 0 Å². The Kier molecular flexibility index (Phi) is 7.61. The number of carbonyl (C=O) groups is 1. The number of nitrogens with zero attached hydrogens (tertiary/aromatic N) is 3. The Morgan fingerprint density at radius 3 is 2.70 bits per heavy atom. The van der Waals surface area contributed by atoms with Crippen molar-refractivity contribution in [2.75, 3.05) is 45.9 Å². The molecule has 0 saturated carbocycles. The highest BCUT2D eigenvalue weighted by Gasteiger charge is 2.41. The topological polar surface area (TPSA) is 54.9 Å². The molecule has 30 heavy (non-hydrogen) atoms. The molecule has 1 aromatic rings. The number of rotatable bonds is 6. The largest absolute Gasteiger partial charge is 0.492 e. The van der Waals surface area contributed by atoms with Gasteiger partial charge in [0.25, 0.3) is 0 Å². The molecule has 0 aliphatic carbocycles. The summed E-state index contributed by atoms with van der Waals surface area (Å²) in [6.45, 7) is 6.00. The summed E-state index contributed by atoms with van der Waals surface area (Å²) in [6, 6.07) is 3.86. The van der Waals surface area contributed by atoms with Gasteiger partial charge in [0.05, 0.1) is 24.9 Å². The van der Waals surface area contributed by atoms with Crippen LogP contribution in [0.1, 0.15) is 57.8 Å². The van der Waals surface area contributed by atoms with Crippen molar-refractivity contribution in [3.05, 3.63) is 24.5 Å². The number of hydrogen-bond donors (Lipinski definition) is 0. The van der Waals surface area contributed by atoms with Gasteiger partial charge in [0.2, 0.25) is 5.91 Å². The van der Waals surface area contributed by atoms with Crippen LogP contribution in [0.5, 0.6) is 5.75 Å². The van der Waals surface area contributed by atoms with Gasteiger partial charge in [-0.3, -0.25) is 14.7 Å². The van der Waals surface area contributed by atoms with Gasteiger partial charge in [0.15, 0.2) is 0 Å². The molecule has 6 nitrogen and oxygen atoms in total. The Balaban J connectivity index is 1.20. The molecule has 3 fully saturated rings. The van der Waals surface area contributed by atoms with Crippen molar-refractivity contribution in [1.82, 2.24) is 14.8 Å². The van der Waals surface area contributed by atoms with Crippen molar-refractivity contribution in [3.8, 4) is 5.75 Å². The highest BCUT2D eigenvalue weighted by molar-refractivity contribution is 5.78. The quantitative estimate of drug-likeness (QED) is 0.712. The van der Waals surface area contributed by atoms with Crippen LogP contribution in [0.15, 0.2) is 24.5 Å². The van der Waals surface area contributed by atoms with Crippen LogP contribution in [0.25, 0.3) is 0 Å². The zero-order chi connectivity index (χ0) is 20.7. The minimum absolute atomic E-state index is 0.0311.